The number of hydrogen-bond acceptors (Lipinski definition) is 2. The van der Waals surface area contributed by atoms with E-state index in [4.69, 9.17) is 0 Å². The molecule has 1 aromatic rings. The van der Waals surface area contributed by atoms with Gasteiger partial charge in [0, 0.05) is 10.2 Å². The van der Waals surface area contributed by atoms with Crippen molar-refractivity contribution in [1.82, 2.24) is 5.32 Å². The third-order valence-corrected chi connectivity index (χ3v) is 3.85. The molecular weight excluding hydrogens is 312 g/mol. The number of rotatable bonds is 3. The minimum absolute atomic E-state index is 0.480. The van der Waals surface area contributed by atoms with Crippen molar-refractivity contribution in [1.29, 1.82) is 0 Å². The highest BCUT2D eigenvalue weighted by atomic mass is 79.9. The van der Waals surface area contributed by atoms with E-state index < -0.39 is 17.5 Å². The van der Waals surface area contributed by atoms with Crippen molar-refractivity contribution in [2.45, 2.75) is 31.2 Å². The van der Waals surface area contributed by atoms with Gasteiger partial charge in [-0.25, -0.2) is 9.59 Å². The van der Waals surface area contributed by atoms with Crippen LogP contribution in [-0.4, -0.2) is 22.6 Å². The van der Waals surface area contributed by atoms with Crippen molar-refractivity contribution in [3.8, 4) is 0 Å². The number of anilines is 1. The van der Waals surface area contributed by atoms with Gasteiger partial charge < -0.3 is 15.7 Å². The molecule has 0 saturated heterocycles. The zero-order chi connectivity index (χ0) is 13.9. The van der Waals surface area contributed by atoms with E-state index in [9.17, 15) is 14.7 Å². The number of carbonyl (C=O) groups excluding carboxylic acids is 1. The highest BCUT2D eigenvalue weighted by molar-refractivity contribution is 9.10. The molecular formula is C13H15BrN2O3. The van der Waals surface area contributed by atoms with Gasteiger partial charge in [0.1, 0.15) is 5.54 Å². The topological polar surface area (TPSA) is 78.4 Å². The van der Waals surface area contributed by atoms with Crippen molar-refractivity contribution in [2.75, 3.05) is 5.32 Å². The van der Waals surface area contributed by atoms with Gasteiger partial charge in [0.25, 0.3) is 0 Å². The van der Waals surface area contributed by atoms with Gasteiger partial charge in [0.05, 0.1) is 0 Å². The third kappa shape index (κ3) is 3.26. The van der Waals surface area contributed by atoms with E-state index in [1.807, 2.05) is 0 Å². The SMILES string of the molecule is O=C(Nc1ccc(Br)cc1)NC1(C(=O)O)CCCC1. The smallest absolute Gasteiger partial charge is 0.329 e. The number of carbonyl (C=O) groups is 2. The lowest BCUT2D eigenvalue weighted by atomic mass is 9.98. The second-order valence-corrected chi connectivity index (χ2v) is 5.60. The first-order valence-electron chi connectivity index (χ1n) is 6.10. The molecule has 1 aliphatic carbocycles. The van der Waals surface area contributed by atoms with E-state index in [0.717, 1.165) is 17.3 Å². The summed E-state index contributed by atoms with van der Waals surface area (Å²) in [5.41, 5.74) is -0.487. The maximum absolute atomic E-state index is 11.9. The van der Waals surface area contributed by atoms with Crippen LogP contribution in [0.1, 0.15) is 25.7 Å². The summed E-state index contributed by atoms with van der Waals surface area (Å²) in [7, 11) is 0. The molecule has 1 aromatic carbocycles. The van der Waals surface area contributed by atoms with Crippen LogP contribution in [0.5, 0.6) is 0 Å². The summed E-state index contributed by atoms with van der Waals surface area (Å²) < 4.78 is 0.913. The van der Waals surface area contributed by atoms with E-state index >= 15 is 0 Å². The largest absolute Gasteiger partial charge is 0.480 e. The number of amides is 2. The molecule has 0 spiro atoms. The van der Waals surface area contributed by atoms with Gasteiger partial charge >= 0.3 is 12.0 Å². The molecule has 6 heteroatoms. The third-order valence-electron chi connectivity index (χ3n) is 3.32. The molecule has 1 saturated carbocycles. The number of carboxylic acid groups (broad SMARTS) is 1. The van der Waals surface area contributed by atoms with Crippen LogP contribution in [0.25, 0.3) is 0 Å². The lowest BCUT2D eigenvalue weighted by Gasteiger charge is -2.25. The van der Waals surface area contributed by atoms with Gasteiger partial charge in [-0.3, -0.25) is 0 Å². The fourth-order valence-corrected chi connectivity index (χ4v) is 2.55. The van der Waals surface area contributed by atoms with Crippen molar-refractivity contribution >= 4 is 33.6 Å². The molecule has 0 unspecified atom stereocenters. The first kappa shape index (κ1) is 13.9. The standard InChI is InChI=1S/C13H15BrN2O3/c14-9-3-5-10(6-4-9)15-12(19)16-13(11(17)18)7-1-2-8-13/h3-6H,1-2,7-8H2,(H,17,18)(H2,15,16,19). The van der Waals surface area contributed by atoms with E-state index in [1.165, 1.54) is 0 Å². The molecule has 0 aromatic heterocycles. The molecule has 5 nitrogen and oxygen atoms in total. The van der Waals surface area contributed by atoms with Crippen LogP contribution in [0.4, 0.5) is 10.5 Å². The van der Waals surface area contributed by atoms with Crippen molar-refractivity contribution in [3.05, 3.63) is 28.7 Å². The fourth-order valence-electron chi connectivity index (χ4n) is 2.28. The van der Waals surface area contributed by atoms with Crippen LogP contribution in [0.2, 0.25) is 0 Å². The van der Waals surface area contributed by atoms with Crippen molar-refractivity contribution < 1.29 is 14.7 Å². The Balaban J connectivity index is 2.00. The molecule has 2 amide bonds. The zero-order valence-corrected chi connectivity index (χ0v) is 11.9. The Morgan fingerprint density at radius 1 is 1.16 bits per heavy atom. The number of carboxylic acids is 1. The average molecular weight is 327 g/mol. The maximum Gasteiger partial charge on any atom is 0.329 e. The molecule has 3 N–H and O–H groups in total. The minimum Gasteiger partial charge on any atom is -0.480 e. The monoisotopic (exact) mass is 326 g/mol. The Kier molecular flexibility index (Phi) is 4.09. The minimum atomic E-state index is -1.11. The molecule has 2 rings (SSSR count). The fraction of sp³-hybridized carbons (Fsp3) is 0.385. The normalized spacial score (nSPS) is 16.9. The van der Waals surface area contributed by atoms with Gasteiger partial charge in [-0.2, -0.15) is 0 Å². The predicted octanol–water partition coefficient (Wildman–Crippen LogP) is 2.97. The Hall–Kier alpha value is -1.56. The summed E-state index contributed by atoms with van der Waals surface area (Å²) >= 11 is 3.30. The van der Waals surface area contributed by atoms with Crippen LogP contribution in [0.15, 0.2) is 28.7 Å². The van der Waals surface area contributed by atoms with Crippen LogP contribution in [0, 0.1) is 0 Å². The summed E-state index contributed by atoms with van der Waals surface area (Å²) in [6.07, 6.45) is 2.61. The van der Waals surface area contributed by atoms with Crippen LogP contribution >= 0.6 is 15.9 Å². The molecule has 0 atom stereocenters. The second kappa shape index (κ2) is 5.61. The summed E-state index contributed by atoms with van der Waals surface area (Å²) in [4.78, 5) is 23.2. The zero-order valence-electron chi connectivity index (χ0n) is 10.3. The molecule has 1 fully saturated rings. The Labute approximate surface area is 119 Å². The van der Waals surface area contributed by atoms with Gasteiger partial charge in [-0.1, -0.05) is 28.8 Å². The molecule has 0 radical (unpaired) electrons. The molecule has 102 valence electrons. The van der Waals surface area contributed by atoms with Crippen LogP contribution < -0.4 is 10.6 Å². The molecule has 0 aliphatic heterocycles. The summed E-state index contributed by atoms with van der Waals surface area (Å²) in [5, 5.41) is 14.5. The lowest BCUT2D eigenvalue weighted by Crippen LogP contribution is -2.53. The number of benzene rings is 1. The average Bonchev–Trinajstić information content (AvgIpc) is 2.82. The first-order chi connectivity index (χ1) is 9.02. The second-order valence-electron chi connectivity index (χ2n) is 4.68. The van der Waals surface area contributed by atoms with Crippen LogP contribution in [-0.2, 0) is 4.79 Å². The molecule has 0 heterocycles. The summed E-state index contributed by atoms with van der Waals surface area (Å²) in [5.74, 6) is -0.962. The van der Waals surface area contributed by atoms with Gasteiger partial charge in [0.15, 0.2) is 0 Å². The van der Waals surface area contributed by atoms with Gasteiger partial charge in [-0.05, 0) is 37.1 Å². The Morgan fingerprint density at radius 3 is 2.26 bits per heavy atom. The van der Waals surface area contributed by atoms with E-state index in [2.05, 4.69) is 26.6 Å². The molecule has 0 bridgehead atoms. The predicted molar refractivity (Wildman–Crippen MR) is 75.1 cm³/mol. The number of aliphatic carboxylic acids is 1. The highest BCUT2D eigenvalue weighted by Crippen LogP contribution is 2.30. The maximum atomic E-state index is 11.9. The lowest BCUT2D eigenvalue weighted by molar-refractivity contribution is -0.144. The number of halogens is 1. The van der Waals surface area contributed by atoms with Gasteiger partial charge in [0.2, 0.25) is 0 Å². The molecule has 1 aliphatic rings. The first-order valence-corrected chi connectivity index (χ1v) is 6.89. The van der Waals surface area contributed by atoms with E-state index in [1.54, 1.807) is 24.3 Å². The Morgan fingerprint density at radius 2 is 1.74 bits per heavy atom. The molecule has 19 heavy (non-hydrogen) atoms. The highest BCUT2D eigenvalue weighted by Gasteiger charge is 2.42. The number of hydrogen-bond donors (Lipinski definition) is 3. The van der Waals surface area contributed by atoms with Gasteiger partial charge in [-0.15, -0.1) is 0 Å². The van der Waals surface area contributed by atoms with E-state index in [-0.39, 0.29) is 0 Å². The number of urea groups is 1. The Bertz CT molecular complexity index is 481. The summed E-state index contributed by atoms with van der Waals surface area (Å²) in [6.45, 7) is 0. The van der Waals surface area contributed by atoms with E-state index in [0.29, 0.717) is 18.5 Å². The van der Waals surface area contributed by atoms with Crippen molar-refractivity contribution in [2.24, 2.45) is 0 Å². The van der Waals surface area contributed by atoms with Crippen molar-refractivity contribution in [3.63, 3.8) is 0 Å². The number of nitrogens with one attached hydrogen (secondary N) is 2. The quantitative estimate of drug-likeness (QED) is 0.799. The summed E-state index contributed by atoms with van der Waals surface area (Å²) in [6, 6.07) is 6.61. The van der Waals surface area contributed by atoms with Crippen LogP contribution in [0.3, 0.4) is 0 Å².